The molecule has 0 N–H and O–H groups in total. The molecule has 0 fully saturated rings. The second-order valence-corrected chi connectivity index (χ2v) is 6.13. The van der Waals surface area contributed by atoms with E-state index >= 15 is 0 Å². The van der Waals surface area contributed by atoms with Crippen molar-refractivity contribution in [1.29, 1.82) is 0 Å². The summed E-state index contributed by atoms with van der Waals surface area (Å²) in [5.74, 6) is -0.456. The van der Waals surface area contributed by atoms with Gasteiger partial charge in [-0.1, -0.05) is 48.5 Å². The Balaban J connectivity index is 1.80. The van der Waals surface area contributed by atoms with Crippen molar-refractivity contribution in [2.75, 3.05) is 0 Å². The lowest BCUT2D eigenvalue weighted by Crippen LogP contribution is -2.38. The predicted molar refractivity (Wildman–Crippen MR) is 91.3 cm³/mol. The predicted octanol–water partition coefficient (Wildman–Crippen LogP) is 3.73. The molecule has 0 unspecified atom stereocenters. The maximum atomic E-state index is 12.8. The SMILES string of the molecule is CC(=O)O[C@H]1c2ccccc2C(=O)N1[C@@H](C)CCc1ccccc1. The van der Waals surface area contributed by atoms with E-state index in [1.165, 1.54) is 12.5 Å². The molecule has 0 saturated heterocycles. The monoisotopic (exact) mass is 323 g/mol. The van der Waals surface area contributed by atoms with Crippen molar-refractivity contribution in [1.82, 2.24) is 4.90 Å². The van der Waals surface area contributed by atoms with E-state index in [4.69, 9.17) is 4.74 Å². The molecule has 2 aromatic rings. The number of carbonyl (C=O) groups is 2. The highest BCUT2D eigenvalue weighted by atomic mass is 16.6. The molecule has 4 nitrogen and oxygen atoms in total. The van der Waals surface area contributed by atoms with Gasteiger partial charge in [0.25, 0.3) is 5.91 Å². The molecule has 0 aromatic heterocycles. The molecule has 3 rings (SSSR count). The Kier molecular flexibility index (Phi) is 4.65. The molecule has 1 aliphatic rings. The number of aryl methyl sites for hydroxylation is 1. The fourth-order valence-electron chi connectivity index (χ4n) is 3.17. The second kappa shape index (κ2) is 6.87. The van der Waals surface area contributed by atoms with Crippen molar-refractivity contribution in [3.8, 4) is 0 Å². The number of fused-ring (bicyclic) bond motifs is 1. The van der Waals surface area contributed by atoms with E-state index in [0.29, 0.717) is 5.56 Å². The van der Waals surface area contributed by atoms with Gasteiger partial charge in [0, 0.05) is 24.1 Å². The summed E-state index contributed by atoms with van der Waals surface area (Å²) in [5, 5.41) is 0. The van der Waals surface area contributed by atoms with Gasteiger partial charge in [0.15, 0.2) is 0 Å². The third-order valence-electron chi connectivity index (χ3n) is 4.39. The first-order valence-electron chi connectivity index (χ1n) is 8.20. The highest BCUT2D eigenvalue weighted by Gasteiger charge is 2.40. The lowest BCUT2D eigenvalue weighted by molar-refractivity contribution is -0.155. The van der Waals surface area contributed by atoms with E-state index in [9.17, 15) is 9.59 Å². The van der Waals surface area contributed by atoms with Gasteiger partial charge < -0.3 is 4.74 Å². The number of esters is 1. The first-order valence-corrected chi connectivity index (χ1v) is 8.20. The third-order valence-corrected chi connectivity index (χ3v) is 4.39. The molecular weight excluding hydrogens is 302 g/mol. The summed E-state index contributed by atoms with van der Waals surface area (Å²) in [7, 11) is 0. The van der Waals surface area contributed by atoms with Gasteiger partial charge in [0.1, 0.15) is 0 Å². The van der Waals surface area contributed by atoms with Crippen LogP contribution in [0.25, 0.3) is 0 Å². The van der Waals surface area contributed by atoms with Gasteiger partial charge in [-0.25, -0.2) is 0 Å². The largest absolute Gasteiger partial charge is 0.437 e. The number of ether oxygens (including phenoxy) is 1. The summed E-state index contributed by atoms with van der Waals surface area (Å²) in [6, 6.07) is 17.5. The van der Waals surface area contributed by atoms with Crippen LogP contribution in [0.3, 0.4) is 0 Å². The van der Waals surface area contributed by atoms with Gasteiger partial charge in [-0.15, -0.1) is 0 Å². The molecular formula is C20H21NO3. The fraction of sp³-hybridized carbons (Fsp3) is 0.300. The van der Waals surface area contributed by atoms with E-state index in [1.54, 1.807) is 11.0 Å². The average molecular weight is 323 g/mol. The standard InChI is InChI=1S/C20H21NO3/c1-14(12-13-16-8-4-3-5-9-16)21-19(23)17-10-6-7-11-18(17)20(21)24-15(2)22/h3-11,14,20H,12-13H2,1-2H3/t14-,20-/m0/s1. The molecule has 0 aliphatic carbocycles. The number of amides is 1. The van der Waals surface area contributed by atoms with E-state index < -0.39 is 6.23 Å². The summed E-state index contributed by atoms with van der Waals surface area (Å²) in [4.78, 5) is 26.0. The van der Waals surface area contributed by atoms with Crippen LogP contribution in [-0.4, -0.2) is 22.8 Å². The van der Waals surface area contributed by atoms with Crippen LogP contribution < -0.4 is 0 Å². The van der Waals surface area contributed by atoms with Crippen molar-refractivity contribution in [3.63, 3.8) is 0 Å². The van der Waals surface area contributed by atoms with Crippen LogP contribution in [0.2, 0.25) is 0 Å². The Morgan fingerprint density at radius 2 is 1.79 bits per heavy atom. The van der Waals surface area contributed by atoms with Gasteiger partial charge in [-0.3, -0.25) is 14.5 Å². The van der Waals surface area contributed by atoms with Crippen LogP contribution in [0.5, 0.6) is 0 Å². The minimum absolute atomic E-state index is 0.0329. The van der Waals surface area contributed by atoms with E-state index in [1.807, 2.05) is 43.3 Å². The number of hydrogen-bond donors (Lipinski definition) is 0. The van der Waals surface area contributed by atoms with Gasteiger partial charge in [-0.05, 0) is 31.4 Å². The summed E-state index contributed by atoms with van der Waals surface area (Å²) >= 11 is 0. The lowest BCUT2D eigenvalue weighted by atomic mass is 10.1. The van der Waals surface area contributed by atoms with Gasteiger partial charge in [0.2, 0.25) is 6.23 Å². The summed E-state index contributed by atoms with van der Waals surface area (Å²) in [6.45, 7) is 3.38. The zero-order chi connectivity index (χ0) is 17.1. The maximum absolute atomic E-state index is 12.8. The zero-order valence-electron chi connectivity index (χ0n) is 13.9. The number of rotatable bonds is 5. The van der Waals surface area contributed by atoms with Crippen LogP contribution >= 0.6 is 0 Å². The van der Waals surface area contributed by atoms with Crippen molar-refractivity contribution >= 4 is 11.9 Å². The highest BCUT2D eigenvalue weighted by molar-refractivity contribution is 5.99. The number of nitrogens with zero attached hydrogens (tertiary/aromatic N) is 1. The highest BCUT2D eigenvalue weighted by Crippen LogP contribution is 2.36. The minimum atomic E-state index is -0.628. The van der Waals surface area contributed by atoms with E-state index in [2.05, 4.69) is 12.1 Å². The van der Waals surface area contributed by atoms with Crippen molar-refractivity contribution < 1.29 is 14.3 Å². The molecule has 1 heterocycles. The van der Waals surface area contributed by atoms with Gasteiger partial charge in [-0.2, -0.15) is 0 Å². The lowest BCUT2D eigenvalue weighted by Gasteiger charge is -2.30. The van der Waals surface area contributed by atoms with Crippen molar-refractivity contribution in [3.05, 3.63) is 71.3 Å². The summed E-state index contributed by atoms with van der Waals surface area (Å²) < 4.78 is 5.46. The Morgan fingerprint density at radius 1 is 1.12 bits per heavy atom. The minimum Gasteiger partial charge on any atom is -0.437 e. The number of carbonyl (C=O) groups excluding carboxylic acids is 2. The number of benzene rings is 2. The Labute approximate surface area is 142 Å². The van der Waals surface area contributed by atoms with Crippen molar-refractivity contribution in [2.24, 2.45) is 0 Å². The van der Waals surface area contributed by atoms with Gasteiger partial charge >= 0.3 is 5.97 Å². The quantitative estimate of drug-likeness (QED) is 0.788. The Hall–Kier alpha value is -2.62. The van der Waals surface area contributed by atoms with E-state index in [-0.39, 0.29) is 17.9 Å². The molecule has 0 spiro atoms. The molecule has 0 radical (unpaired) electrons. The topological polar surface area (TPSA) is 46.6 Å². The second-order valence-electron chi connectivity index (χ2n) is 6.13. The molecule has 4 heteroatoms. The molecule has 1 aliphatic heterocycles. The molecule has 2 aromatic carbocycles. The van der Waals surface area contributed by atoms with Crippen molar-refractivity contribution in [2.45, 2.75) is 39.0 Å². The molecule has 1 amide bonds. The molecule has 124 valence electrons. The Morgan fingerprint density at radius 3 is 2.50 bits per heavy atom. The maximum Gasteiger partial charge on any atom is 0.304 e. The molecule has 0 bridgehead atoms. The zero-order valence-corrected chi connectivity index (χ0v) is 13.9. The van der Waals surface area contributed by atoms with E-state index in [0.717, 1.165) is 18.4 Å². The van der Waals surface area contributed by atoms with Crippen LogP contribution in [0.15, 0.2) is 54.6 Å². The first kappa shape index (κ1) is 16.2. The summed E-state index contributed by atoms with van der Waals surface area (Å²) in [5.41, 5.74) is 2.62. The van der Waals surface area contributed by atoms with Crippen LogP contribution in [0, 0.1) is 0 Å². The van der Waals surface area contributed by atoms with Crippen LogP contribution in [-0.2, 0) is 16.0 Å². The normalized spacial score (nSPS) is 17.5. The van der Waals surface area contributed by atoms with Crippen LogP contribution in [0.1, 0.15) is 48.0 Å². The first-order chi connectivity index (χ1) is 11.6. The third kappa shape index (κ3) is 3.18. The molecule has 2 atom stereocenters. The number of hydrogen-bond acceptors (Lipinski definition) is 3. The summed E-state index contributed by atoms with van der Waals surface area (Å²) in [6.07, 6.45) is 1.05. The Bertz CT molecular complexity index is 742. The molecule has 24 heavy (non-hydrogen) atoms. The van der Waals surface area contributed by atoms with Crippen LogP contribution in [0.4, 0.5) is 0 Å². The van der Waals surface area contributed by atoms with Gasteiger partial charge in [0.05, 0.1) is 0 Å². The smallest absolute Gasteiger partial charge is 0.304 e. The average Bonchev–Trinajstić information content (AvgIpc) is 2.86. The fourth-order valence-corrected chi connectivity index (χ4v) is 3.17. The molecule has 0 saturated carbocycles.